The predicted molar refractivity (Wildman–Crippen MR) is 108 cm³/mol. The van der Waals surface area contributed by atoms with Gasteiger partial charge in [0.05, 0.1) is 11.1 Å². The molecule has 0 saturated heterocycles. The zero-order valence-electron chi connectivity index (χ0n) is 15.4. The summed E-state index contributed by atoms with van der Waals surface area (Å²) in [5, 5.41) is 0.816. The number of nitrogens with one attached hydrogen (secondary N) is 1. The van der Waals surface area contributed by atoms with Crippen molar-refractivity contribution < 1.29 is 9.18 Å². The summed E-state index contributed by atoms with van der Waals surface area (Å²) >= 11 is 0. The highest BCUT2D eigenvalue weighted by molar-refractivity contribution is 6.02. The summed E-state index contributed by atoms with van der Waals surface area (Å²) in [6.07, 6.45) is 3.60. The van der Waals surface area contributed by atoms with Crippen molar-refractivity contribution in [2.45, 2.75) is 13.3 Å². The number of halogens is 1. The number of allylic oxidation sites excluding steroid dienone is 1. The molecule has 28 heavy (non-hydrogen) atoms. The molecule has 0 amide bonds. The number of aromatic nitrogens is 3. The van der Waals surface area contributed by atoms with Crippen LogP contribution in [-0.2, 0) is 11.2 Å². The quantitative estimate of drug-likeness (QED) is 0.496. The number of ketones is 1. The lowest BCUT2D eigenvalue weighted by Gasteiger charge is -2.08. The Bertz CT molecular complexity index is 1210. The summed E-state index contributed by atoms with van der Waals surface area (Å²) < 4.78 is 13.7. The first kappa shape index (κ1) is 17.8. The molecule has 0 radical (unpaired) electrons. The molecule has 0 unspecified atom stereocenters. The van der Waals surface area contributed by atoms with Crippen molar-refractivity contribution in [3.63, 3.8) is 0 Å². The minimum Gasteiger partial charge on any atom is -0.345 e. The van der Waals surface area contributed by atoms with E-state index in [4.69, 9.17) is 0 Å². The van der Waals surface area contributed by atoms with Crippen molar-refractivity contribution in [3.8, 4) is 22.4 Å². The van der Waals surface area contributed by atoms with Gasteiger partial charge in [-0.25, -0.2) is 14.4 Å². The first-order valence-electron chi connectivity index (χ1n) is 8.89. The maximum atomic E-state index is 13.7. The molecule has 0 atom stereocenters. The Hall–Kier alpha value is -3.60. The number of nitrogens with zero attached hydrogens (tertiary/aromatic N) is 2. The summed E-state index contributed by atoms with van der Waals surface area (Å²) in [6, 6.07) is 14.1. The van der Waals surface area contributed by atoms with Crippen LogP contribution in [0, 0.1) is 5.82 Å². The van der Waals surface area contributed by atoms with Crippen molar-refractivity contribution in [1.82, 2.24) is 15.0 Å². The number of H-pyrrole nitrogens is 1. The van der Waals surface area contributed by atoms with Crippen molar-refractivity contribution in [3.05, 3.63) is 84.6 Å². The van der Waals surface area contributed by atoms with Gasteiger partial charge in [-0.1, -0.05) is 36.9 Å². The number of carbonyl (C=O) groups excluding carboxylic acids is 1. The number of hydrogen-bond donors (Lipinski definition) is 1. The Morgan fingerprint density at radius 2 is 1.89 bits per heavy atom. The van der Waals surface area contributed by atoms with E-state index >= 15 is 0 Å². The van der Waals surface area contributed by atoms with Gasteiger partial charge >= 0.3 is 0 Å². The van der Waals surface area contributed by atoms with Gasteiger partial charge in [-0.2, -0.15) is 0 Å². The third kappa shape index (κ3) is 3.34. The van der Waals surface area contributed by atoms with E-state index in [0.717, 1.165) is 33.3 Å². The van der Waals surface area contributed by atoms with Gasteiger partial charge in [0.1, 0.15) is 17.8 Å². The Balaban J connectivity index is 1.85. The molecule has 4 nitrogen and oxygen atoms in total. The van der Waals surface area contributed by atoms with Gasteiger partial charge in [-0.3, -0.25) is 4.79 Å². The number of fused-ring (bicyclic) bond motifs is 1. The second-order valence-corrected chi connectivity index (χ2v) is 6.74. The molecule has 4 rings (SSSR count). The fraction of sp³-hybridized carbons (Fsp3) is 0.0870. The maximum absolute atomic E-state index is 13.7. The number of Topliss-reactive ketones (excluding diaryl/α,β-unsaturated/α-hetero) is 1. The highest BCUT2D eigenvalue weighted by atomic mass is 19.1. The van der Waals surface area contributed by atoms with E-state index in [2.05, 4.69) is 21.5 Å². The summed E-state index contributed by atoms with van der Waals surface area (Å²) in [7, 11) is 0. The molecule has 5 heteroatoms. The Labute approximate surface area is 161 Å². The standard InChI is InChI=1S/C23H18FN3O/c1-14(2)20(28)10-15-5-3-7-17(9-15)22-21-19(12-25-23(21)27-13-26-22)16-6-4-8-18(24)11-16/h3-9,11-13H,1,10H2,2H3,(H,25,26,27). The average molecular weight is 371 g/mol. The van der Waals surface area contributed by atoms with Gasteiger partial charge < -0.3 is 4.98 Å². The van der Waals surface area contributed by atoms with E-state index in [9.17, 15) is 9.18 Å². The highest BCUT2D eigenvalue weighted by Gasteiger charge is 2.15. The number of carbonyl (C=O) groups is 1. The summed E-state index contributed by atoms with van der Waals surface area (Å²) in [5.74, 6) is -0.294. The smallest absolute Gasteiger partial charge is 0.162 e. The fourth-order valence-corrected chi connectivity index (χ4v) is 3.23. The van der Waals surface area contributed by atoms with Crippen LogP contribution in [0.3, 0.4) is 0 Å². The fourth-order valence-electron chi connectivity index (χ4n) is 3.23. The van der Waals surface area contributed by atoms with E-state index < -0.39 is 0 Å². The number of benzene rings is 2. The van der Waals surface area contributed by atoms with Crippen molar-refractivity contribution in [2.75, 3.05) is 0 Å². The number of rotatable bonds is 5. The Morgan fingerprint density at radius 3 is 2.68 bits per heavy atom. The Morgan fingerprint density at radius 1 is 1.11 bits per heavy atom. The normalized spacial score (nSPS) is 10.9. The van der Waals surface area contributed by atoms with Crippen LogP contribution in [-0.4, -0.2) is 20.7 Å². The molecule has 4 aromatic rings. The SMILES string of the molecule is C=C(C)C(=O)Cc1cccc(-c2ncnc3[nH]cc(-c4cccc(F)c4)c23)c1. The molecule has 0 spiro atoms. The second kappa shape index (κ2) is 7.19. The maximum Gasteiger partial charge on any atom is 0.162 e. The minimum atomic E-state index is -0.300. The molecule has 0 saturated carbocycles. The molecule has 0 aliphatic carbocycles. The van der Waals surface area contributed by atoms with Crippen LogP contribution in [0.5, 0.6) is 0 Å². The predicted octanol–water partition coefficient (Wildman–Crippen LogP) is 5.12. The van der Waals surface area contributed by atoms with Gasteiger partial charge in [0.15, 0.2) is 5.78 Å². The van der Waals surface area contributed by atoms with Crippen LogP contribution < -0.4 is 0 Å². The molecular weight excluding hydrogens is 353 g/mol. The van der Waals surface area contributed by atoms with Gasteiger partial charge in [-0.05, 0) is 41.8 Å². The molecule has 2 heterocycles. The van der Waals surface area contributed by atoms with Gasteiger partial charge in [-0.15, -0.1) is 0 Å². The molecule has 0 bridgehead atoms. The van der Waals surface area contributed by atoms with Crippen LogP contribution in [0.25, 0.3) is 33.4 Å². The van der Waals surface area contributed by atoms with Crippen LogP contribution in [0.2, 0.25) is 0 Å². The Kier molecular flexibility index (Phi) is 4.57. The zero-order chi connectivity index (χ0) is 19.7. The lowest BCUT2D eigenvalue weighted by Crippen LogP contribution is -2.03. The van der Waals surface area contributed by atoms with Crippen LogP contribution >= 0.6 is 0 Å². The van der Waals surface area contributed by atoms with Gasteiger partial charge in [0.2, 0.25) is 0 Å². The van der Waals surface area contributed by atoms with Gasteiger partial charge in [0.25, 0.3) is 0 Å². The lowest BCUT2D eigenvalue weighted by atomic mass is 9.98. The van der Waals surface area contributed by atoms with Crippen LogP contribution in [0.15, 0.2) is 73.2 Å². The third-order valence-electron chi connectivity index (χ3n) is 4.65. The van der Waals surface area contributed by atoms with Gasteiger partial charge in [0, 0.05) is 23.7 Å². The van der Waals surface area contributed by atoms with E-state index in [1.807, 2.05) is 36.5 Å². The first-order chi connectivity index (χ1) is 13.5. The van der Waals surface area contributed by atoms with E-state index in [-0.39, 0.29) is 11.6 Å². The topological polar surface area (TPSA) is 58.6 Å². The molecule has 1 N–H and O–H groups in total. The highest BCUT2D eigenvalue weighted by Crippen LogP contribution is 2.34. The molecule has 2 aromatic heterocycles. The lowest BCUT2D eigenvalue weighted by molar-refractivity contribution is -0.114. The molecule has 0 aliphatic heterocycles. The van der Waals surface area contributed by atoms with Crippen molar-refractivity contribution in [1.29, 1.82) is 0 Å². The number of hydrogen-bond acceptors (Lipinski definition) is 3. The summed E-state index contributed by atoms with van der Waals surface area (Å²) in [5.41, 5.74) is 5.28. The molecule has 0 aliphatic rings. The van der Waals surface area contributed by atoms with Crippen LogP contribution in [0.1, 0.15) is 12.5 Å². The number of aromatic amines is 1. The van der Waals surface area contributed by atoms with Crippen molar-refractivity contribution in [2.24, 2.45) is 0 Å². The van der Waals surface area contributed by atoms with E-state index in [1.54, 1.807) is 13.0 Å². The summed E-state index contributed by atoms with van der Waals surface area (Å²) in [4.78, 5) is 24.0. The first-order valence-corrected chi connectivity index (χ1v) is 8.89. The molecule has 2 aromatic carbocycles. The third-order valence-corrected chi connectivity index (χ3v) is 4.65. The molecule has 0 fully saturated rings. The van der Waals surface area contributed by atoms with E-state index in [1.165, 1.54) is 18.5 Å². The van der Waals surface area contributed by atoms with Crippen LogP contribution in [0.4, 0.5) is 4.39 Å². The molecular formula is C23H18FN3O. The zero-order valence-corrected chi connectivity index (χ0v) is 15.4. The second-order valence-electron chi connectivity index (χ2n) is 6.74. The monoisotopic (exact) mass is 371 g/mol. The largest absolute Gasteiger partial charge is 0.345 e. The minimum absolute atomic E-state index is 0.00655. The van der Waals surface area contributed by atoms with E-state index in [0.29, 0.717) is 17.6 Å². The van der Waals surface area contributed by atoms with Crippen molar-refractivity contribution >= 4 is 16.8 Å². The average Bonchev–Trinajstić information content (AvgIpc) is 3.12. The summed E-state index contributed by atoms with van der Waals surface area (Å²) in [6.45, 7) is 5.43. The molecule has 138 valence electrons.